The minimum absolute atomic E-state index is 0.115. The van der Waals surface area contributed by atoms with Gasteiger partial charge in [0.15, 0.2) is 0 Å². The third-order valence-electron chi connectivity index (χ3n) is 3.94. The summed E-state index contributed by atoms with van der Waals surface area (Å²) in [4.78, 5) is 23.3. The fourth-order valence-electron chi connectivity index (χ4n) is 2.60. The van der Waals surface area contributed by atoms with Gasteiger partial charge in [-0.25, -0.2) is 4.79 Å². The largest absolute Gasteiger partial charge is 0.480 e. The minimum atomic E-state index is -1.02. The smallest absolute Gasteiger partial charge is 0.326 e. The van der Waals surface area contributed by atoms with Crippen LogP contribution >= 0.6 is 0 Å². The number of hydrogen-bond donors (Lipinski definition) is 2. The lowest BCUT2D eigenvalue weighted by atomic mass is 10.0. The van der Waals surface area contributed by atoms with Crippen LogP contribution in [0.5, 0.6) is 0 Å². The van der Waals surface area contributed by atoms with Crippen molar-refractivity contribution in [1.82, 2.24) is 5.32 Å². The molecule has 0 radical (unpaired) electrons. The Labute approximate surface area is 124 Å². The Morgan fingerprint density at radius 2 is 2.14 bits per heavy atom. The molecule has 0 bridgehead atoms. The van der Waals surface area contributed by atoms with E-state index in [-0.39, 0.29) is 24.2 Å². The number of amides is 1. The average Bonchev–Trinajstić information content (AvgIpc) is 3.23. The van der Waals surface area contributed by atoms with Gasteiger partial charge in [-0.2, -0.15) is 0 Å². The highest BCUT2D eigenvalue weighted by Gasteiger charge is 2.45. The molecule has 1 amide bonds. The predicted molar refractivity (Wildman–Crippen MR) is 78.1 cm³/mol. The van der Waals surface area contributed by atoms with Crippen molar-refractivity contribution in [1.29, 1.82) is 0 Å². The van der Waals surface area contributed by atoms with Crippen LogP contribution in [-0.4, -0.2) is 36.7 Å². The van der Waals surface area contributed by atoms with E-state index in [4.69, 9.17) is 9.84 Å². The van der Waals surface area contributed by atoms with E-state index in [1.807, 2.05) is 31.2 Å². The van der Waals surface area contributed by atoms with E-state index in [9.17, 15) is 9.59 Å². The van der Waals surface area contributed by atoms with Gasteiger partial charge in [0.2, 0.25) is 5.91 Å². The second-order valence-corrected chi connectivity index (χ2v) is 5.49. The van der Waals surface area contributed by atoms with Crippen LogP contribution in [0, 0.1) is 12.8 Å². The summed E-state index contributed by atoms with van der Waals surface area (Å²) in [5.74, 6) is -1.10. The summed E-state index contributed by atoms with van der Waals surface area (Å²) in [6.07, 6.45) is 1.06. The fraction of sp³-hybridized carbons (Fsp3) is 0.500. The molecule has 0 heterocycles. The zero-order valence-electron chi connectivity index (χ0n) is 12.3. The molecule has 1 aromatic carbocycles. The number of rotatable bonds is 7. The number of benzene rings is 1. The molecule has 1 aromatic rings. The maximum atomic E-state index is 12.2. The maximum Gasteiger partial charge on any atom is 0.326 e. The Morgan fingerprint density at radius 1 is 1.43 bits per heavy atom. The van der Waals surface area contributed by atoms with Crippen LogP contribution < -0.4 is 5.32 Å². The van der Waals surface area contributed by atoms with E-state index in [1.54, 1.807) is 0 Å². The second-order valence-electron chi connectivity index (χ2n) is 5.49. The van der Waals surface area contributed by atoms with E-state index < -0.39 is 12.0 Å². The summed E-state index contributed by atoms with van der Waals surface area (Å²) >= 11 is 0. The topological polar surface area (TPSA) is 75.6 Å². The lowest BCUT2D eigenvalue weighted by molar-refractivity contribution is -0.142. The molecular formula is C16H21NO4. The van der Waals surface area contributed by atoms with Gasteiger partial charge in [0.05, 0.1) is 0 Å². The normalized spacial score (nSPS) is 21.6. The van der Waals surface area contributed by atoms with Crippen molar-refractivity contribution >= 4 is 11.9 Å². The molecular weight excluding hydrogens is 270 g/mol. The Bertz CT molecular complexity index is 529. The first-order valence-corrected chi connectivity index (χ1v) is 7.12. The number of carboxylic acid groups (broad SMARTS) is 1. The van der Waals surface area contributed by atoms with Crippen LogP contribution in [0.15, 0.2) is 24.3 Å². The summed E-state index contributed by atoms with van der Waals surface area (Å²) in [6, 6.07) is 7.12. The molecule has 0 aromatic heterocycles. The third kappa shape index (κ3) is 3.82. The predicted octanol–water partition coefficient (Wildman–Crippen LogP) is 1.70. The number of carboxylic acids is 1. The van der Waals surface area contributed by atoms with Crippen molar-refractivity contribution in [2.24, 2.45) is 5.92 Å². The highest BCUT2D eigenvalue weighted by Crippen LogP contribution is 2.48. The molecule has 3 atom stereocenters. The van der Waals surface area contributed by atoms with Crippen LogP contribution in [0.25, 0.3) is 0 Å². The van der Waals surface area contributed by atoms with E-state index in [1.165, 1.54) is 18.2 Å². The molecule has 21 heavy (non-hydrogen) atoms. The number of carbonyl (C=O) groups is 2. The molecule has 5 heteroatoms. The summed E-state index contributed by atoms with van der Waals surface area (Å²) in [5.41, 5.74) is 2.35. The van der Waals surface area contributed by atoms with Crippen LogP contribution in [0.2, 0.25) is 0 Å². The quantitative estimate of drug-likeness (QED) is 0.802. The Hall–Kier alpha value is -1.88. The van der Waals surface area contributed by atoms with Gasteiger partial charge in [0.1, 0.15) is 6.04 Å². The zero-order chi connectivity index (χ0) is 15.4. The Morgan fingerprint density at radius 3 is 2.76 bits per heavy atom. The van der Waals surface area contributed by atoms with Crippen LogP contribution in [0.4, 0.5) is 0 Å². The van der Waals surface area contributed by atoms with Crippen LogP contribution in [0.1, 0.15) is 29.9 Å². The molecule has 0 saturated heterocycles. The summed E-state index contributed by atoms with van der Waals surface area (Å²) < 4.78 is 4.87. The number of carbonyl (C=O) groups excluding carboxylic acids is 1. The van der Waals surface area contributed by atoms with Crippen molar-refractivity contribution in [2.75, 3.05) is 13.7 Å². The zero-order valence-corrected chi connectivity index (χ0v) is 12.3. The SMILES string of the molecule is COCCC(NC(=O)C1CC1c1ccccc1C)C(=O)O. The standard InChI is InChI=1S/C16H21NO4/c1-10-5-3-4-6-11(10)12-9-13(12)15(18)17-14(16(19)20)7-8-21-2/h3-6,12-14H,7-9H2,1-2H3,(H,17,18)(H,19,20). The summed E-state index contributed by atoms with van der Waals surface area (Å²) in [7, 11) is 1.51. The van der Waals surface area contributed by atoms with Gasteiger partial charge in [0, 0.05) is 26.1 Å². The van der Waals surface area contributed by atoms with Crippen LogP contribution in [0.3, 0.4) is 0 Å². The summed E-state index contributed by atoms with van der Waals surface area (Å²) in [5, 5.41) is 11.7. The Kier molecular flexibility index (Phi) is 4.96. The van der Waals surface area contributed by atoms with E-state index in [0.29, 0.717) is 6.61 Å². The number of ether oxygens (including phenoxy) is 1. The maximum absolute atomic E-state index is 12.2. The molecule has 5 nitrogen and oxygen atoms in total. The third-order valence-corrected chi connectivity index (χ3v) is 3.94. The lowest BCUT2D eigenvalue weighted by Gasteiger charge is -2.14. The molecule has 114 valence electrons. The van der Waals surface area contributed by atoms with E-state index >= 15 is 0 Å². The van der Waals surface area contributed by atoms with Gasteiger partial charge in [-0.1, -0.05) is 24.3 Å². The molecule has 0 spiro atoms. The van der Waals surface area contributed by atoms with Gasteiger partial charge in [0.25, 0.3) is 0 Å². The minimum Gasteiger partial charge on any atom is -0.480 e. The molecule has 1 aliphatic rings. The molecule has 1 saturated carbocycles. The van der Waals surface area contributed by atoms with Crippen LogP contribution in [-0.2, 0) is 14.3 Å². The number of nitrogens with one attached hydrogen (secondary N) is 1. The van der Waals surface area contributed by atoms with Crippen molar-refractivity contribution in [2.45, 2.75) is 31.7 Å². The monoisotopic (exact) mass is 291 g/mol. The Balaban J connectivity index is 1.93. The van der Waals surface area contributed by atoms with E-state index in [2.05, 4.69) is 5.32 Å². The number of hydrogen-bond acceptors (Lipinski definition) is 3. The fourth-order valence-corrected chi connectivity index (χ4v) is 2.60. The van der Waals surface area contributed by atoms with Crippen molar-refractivity contribution in [3.8, 4) is 0 Å². The molecule has 1 fully saturated rings. The first kappa shape index (κ1) is 15.5. The highest BCUT2D eigenvalue weighted by molar-refractivity contribution is 5.87. The van der Waals surface area contributed by atoms with Crippen molar-refractivity contribution in [3.63, 3.8) is 0 Å². The van der Waals surface area contributed by atoms with Crippen molar-refractivity contribution in [3.05, 3.63) is 35.4 Å². The second kappa shape index (κ2) is 6.72. The van der Waals surface area contributed by atoms with E-state index in [0.717, 1.165) is 6.42 Å². The number of aliphatic carboxylic acids is 1. The molecule has 0 aliphatic heterocycles. The van der Waals surface area contributed by atoms with Gasteiger partial charge in [-0.05, 0) is 30.4 Å². The summed E-state index contributed by atoms with van der Waals surface area (Å²) in [6.45, 7) is 2.34. The molecule has 1 aliphatic carbocycles. The molecule has 3 unspecified atom stereocenters. The van der Waals surface area contributed by atoms with Crippen molar-refractivity contribution < 1.29 is 19.4 Å². The number of aryl methyl sites for hydroxylation is 1. The van der Waals surface area contributed by atoms with Gasteiger partial charge < -0.3 is 15.2 Å². The van der Waals surface area contributed by atoms with Gasteiger partial charge in [-0.3, -0.25) is 4.79 Å². The highest BCUT2D eigenvalue weighted by atomic mass is 16.5. The molecule has 2 N–H and O–H groups in total. The van der Waals surface area contributed by atoms with Gasteiger partial charge >= 0.3 is 5.97 Å². The molecule has 2 rings (SSSR count). The lowest BCUT2D eigenvalue weighted by Crippen LogP contribution is -2.42. The first-order chi connectivity index (χ1) is 10.0. The average molecular weight is 291 g/mol. The van der Waals surface area contributed by atoms with Gasteiger partial charge in [-0.15, -0.1) is 0 Å². The number of methoxy groups -OCH3 is 1. The first-order valence-electron chi connectivity index (χ1n) is 7.12.